The molecule has 1 aliphatic rings. The Morgan fingerprint density at radius 2 is 2.07 bits per heavy atom. The van der Waals surface area contributed by atoms with Gasteiger partial charge in [-0.15, -0.1) is 0 Å². The maximum absolute atomic E-state index is 12.1. The van der Waals surface area contributed by atoms with Gasteiger partial charge in [0.25, 0.3) is 6.43 Å². The van der Waals surface area contributed by atoms with E-state index in [9.17, 15) is 8.78 Å². The normalized spacial score (nSPS) is 20.0. The van der Waals surface area contributed by atoms with Crippen molar-refractivity contribution in [3.63, 3.8) is 0 Å². The van der Waals surface area contributed by atoms with Crippen molar-refractivity contribution in [3.05, 3.63) is 23.5 Å². The van der Waals surface area contributed by atoms with Crippen molar-refractivity contribution in [2.75, 3.05) is 7.11 Å². The fourth-order valence-electron chi connectivity index (χ4n) is 0.901. The molecule has 0 saturated carbocycles. The summed E-state index contributed by atoms with van der Waals surface area (Å²) < 4.78 is 29.0. The van der Waals surface area contributed by atoms with Crippen LogP contribution in [0.4, 0.5) is 8.78 Å². The molecule has 2 radical (unpaired) electrons. The van der Waals surface area contributed by atoms with Gasteiger partial charge in [-0.2, -0.15) is 0 Å². The molecular weight excluding hydrogens is 187 g/mol. The average molecular weight is 201 g/mol. The first-order valence-electron chi connectivity index (χ1n) is 4.41. The molecule has 0 bridgehead atoms. The van der Waals surface area contributed by atoms with Crippen LogP contribution in [-0.4, -0.2) is 27.4 Å². The Morgan fingerprint density at radius 1 is 1.50 bits per heavy atom. The zero-order valence-electron chi connectivity index (χ0n) is 8.55. The number of ether oxygens (including phenoxy) is 1. The lowest BCUT2D eigenvalue weighted by molar-refractivity contribution is 0.121. The molecule has 14 heavy (non-hydrogen) atoms. The molecule has 1 unspecified atom stereocenters. The summed E-state index contributed by atoms with van der Waals surface area (Å²) in [5.41, 5.74) is 0.238. The van der Waals surface area contributed by atoms with Crippen molar-refractivity contribution in [1.82, 2.24) is 5.32 Å². The van der Waals surface area contributed by atoms with Gasteiger partial charge >= 0.3 is 0 Å². The average Bonchev–Trinajstić information content (AvgIpc) is 2.20. The summed E-state index contributed by atoms with van der Waals surface area (Å²) in [5, 5.41) is 2.46. The molecule has 1 heterocycles. The highest BCUT2D eigenvalue weighted by molar-refractivity contribution is 6.24. The van der Waals surface area contributed by atoms with E-state index in [1.165, 1.54) is 19.4 Å². The number of methoxy groups -OCH3 is 1. The summed E-state index contributed by atoms with van der Waals surface area (Å²) in [4.78, 5) is 0. The lowest BCUT2D eigenvalue weighted by Crippen LogP contribution is -2.33. The Bertz CT molecular complexity index is 229. The Labute approximate surface area is 84.4 Å². The minimum atomic E-state index is -2.46. The van der Waals surface area contributed by atoms with Crippen LogP contribution < -0.4 is 5.32 Å². The van der Waals surface area contributed by atoms with Gasteiger partial charge in [-0.05, 0) is 0 Å². The number of halogens is 2. The van der Waals surface area contributed by atoms with E-state index in [-0.39, 0.29) is 5.47 Å². The highest BCUT2D eigenvalue weighted by Gasteiger charge is 2.20. The Balaban J connectivity index is 0.000000791. The zero-order chi connectivity index (χ0) is 11.1. The summed E-state index contributed by atoms with van der Waals surface area (Å²) >= 11 is 0. The van der Waals surface area contributed by atoms with Gasteiger partial charge in [-0.25, -0.2) is 8.78 Å². The number of hydrogen-bond acceptors (Lipinski definition) is 2. The molecular formula is C9H14BF2NO. The fourth-order valence-corrected chi connectivity index (χ4v) is 0.901. The Hall–Kier alpha value is -0.995. The molecule has 2 nitrogen and oxygen atoms in total. The van der Waals surface area contributed by atoms with Gasteiger partial charge in [-0.3, -0.25) is 0 Å². The van der Waals surface area contributed by atoms with Gasteiger partial charge in [0.05, 0.1) is 7.11 Å². The van der Waals surface area contributed by atoms with Gasteiger partial charge < -0.3 is 10.1 Å². The first-order valence-corrected chi connectivity index (χ1v) is 4.41. The van der Waals surface area contributed by atoms with Crippen molar-refractivity contribution >= 4 is 7.85 Å². The van der Waals surface area contributed by atoms with Crippen LogP contribution in [-0.2, 0) is 4.74 Å². The summed E-state index contributed by atoms with van der Waals surface area (Å²) in [6, 6.07) is -1.01. The van der Waals surface area contributed by atoms with Gasteiger partial charge in [0.15, 0.2) is 0 Å². The highest BCUT2D eigenvalue weighted by Crippen LogP contribution is 2.15. The number of allylic oxidation sites excluding steroid dienone is 1. The molecule has 1 N–H and O–H groups in total. The van der Waals surface area contributed by atoms with Crippen molar-refractivity contribution in [2.24, 2.45) is 0 Å². The number of rotatable bonds is 2. The van der Waals surface area contributed by atoms with Crippen LogP contribution in [0, 0.1) is 0 Å². The van der Waals surface area contributed by atoms with Crippen LogP contribution in [0.5, 0.6) is 0 Å². The largest absolute Gasteiger partial charge is 0.496 e. The SMILES string of the molecule is CC.[B]C1=CC(C(F)F)NC=C1OC. The Morgan fingerprint density at radius 3 is 2.43 bits per heavy atom. The van der Waals surface area contributed by atoms with E-state index in [1.807, 2.05) is 13.8 Å². The van der Waals surface area contributed by atoms with Crippen LogP contribution in [0.3, 0.4) is 0 Å². The zero-order valence-corrected chi connectivity index (χ0v) is 8.55. The van der Waals surface area contributed by atoms with Crippen molar-refractivity contribution in [2.45, 2.75) is 26.3 Å². The standard InChI is InChI=1S/C7H8BF2NO.C2H6/c1-12-6-3-11-5(7(9)10)2-4(6)8;1-2/h2-3,5,7,11H,1H3;1-2H3. The molecule has 0 amide bonds. The quantitative estimate of drug-likeness (QED) is 0.687. The molecule has 0 fully saturated rings. The maximum Gasteiger partial charge on any atom is 0.261 e. The van der Waals surface area contributed by atoms with Gasteiger partial charge in [0.2, 0.25) is 0 Å². The molecule has 5 heteroatoms. The second kappa shape index (κ2) is 6.46. The molecule has 1 rings (SSSR count). The minimum absolute atomic E-state index is 0.238. The predicted molar refractivity (Wildman–Crippen MR) is 53.2 cm³/mol. The summed E-state index contributed by atoms with van der Waals surface area (Å²) in [6.45, 7) is 4.00. The molecule has 1 aliphatic heterocycles. The topological polar surface area (TPSA) is 21.3 Å². The third-order valence-electron chi connectivity index (χ3n) is 1.54. The van der Waals surface area contributed by atoms with Crippen LogP contribution >= 0.6 is 0 Å². The van der Waals surface area contributed by atoms with Crippen LogP contribution in [0.15, 0.2) is 23.5 Å². The third-order valence-corrected chi connectivity index (χ3v) is 1.54. The summed E-state index contributed by atoms with van der Waals surface area (Å²) in [7, 11) is 6.84. The molecule has 0 aromatic rings. The summed E-state index contributed by atoms with van der Waals surface area (Å²) in [5.74, 6) is 0.381. The first-order chi connectivity index (χ1) is 6.65. The minimum Gasteiger partial charge on any atom is -0.496 e. The molecule has 0 saturated heterocycles. The monoisotopic (exact) mass is 201 g/mol. The van der Waals surface area contributed by atoms with Crippen LogP contribution in [0.1, 0.15) is 13.8 Å². The first kappa shape index (κ1) is 13.0. The van der Waals surface area contributed by atoms with Gasteiger partial charge in [0, 0.05) is 6.20 Å². The molecule has 0 aromatic heterocycles. The number of nitrogens with one attached hydrogen (secondary N) is 1. The van der Waals surface area contributed by atoms with Crippen molar-refractivity contribution in [3.8, 4) is 0 Å². The van der Waals surface area contributed by atoms with E-state index in [0.717, 1.165) is 0 Å². The summed E-state index contributed by atoms with van der Waals surface area (Å²) in [6.07, 6.45) is 0.119. The maximum atomic E-state index is 12.1. The lowest BCUT2D eigenvalue weighted by atomic mass is 9.90. The Kier molecular flexibility index (Phi) is 6.00. The molecule has 0 aromatic carbocycles. The third kappa shape index (κ3) is 3.40. The fraction of sp³-hybridized carbons (Fsp3) is 0.556. The number of dihydropyridines is 1. The van der Waals surface area contributed by atoms with E-state index in [1.54, 1.807) is 0 Å². The van der Waals surface area contributed by atoms with Crippen LogP contribution in [0.2, 0.25) is 0 Å². The molecule has 0 spiro atoms. The molecule has 0 aliphatic carbocycles. The van der Waals surface area contributed by atoms with Gasteiger partial charge in [0.1, 0.15) is 19.6 Å². The number of alkyl halides is 2. The van der Waals surface area contributed by atoms with E-state index in [4.69, 9.17) is 12.6 Å². The van der Waals surface area contributed by atoms with Crippen LogP contribution in [0.25, 0.3) is 0 Å². The van der Waals surface area contributed by atoms with E-state index < -0.39 is 12.5 Å². The lowest BCUT2D eigenvalue weighted by Gasteiger charge is -2.20. The van der Waals surface area contributed by atoms with E-state index in [2.05, 4.69) is 5.32 Å². The molecule has 78 valence electrons. The van der Waals surface area contributed by atoms with Gasteiger partial charge in [-0.1, -0.05) is 25.4 Å². The van der Waals surface area contributed by atoms with Crippen molar-refractivity contribution < 1.29 is 13.5 Å². The number of hydrogen-bond donors (Lipinski definition) is 1. The smallest absolute Gasteiger partial charge is 0.261 e. The second-order valence-corrected chi connectivity index (χ2v) is 2.36. The van der Waals surface area contributed by atoms with E-state index >= 15 is 0 Å². The highest BCUT2D eigenvalue weighted by atomic mass is 19.3. The predicted octanol–water partition coefficient (Wildman–Crippen LogP) is 1.79. The van der Waals surface area contributed by atoms with E-state index in [0.29, 0.717) is 5.76 Å². The second-order valence-electron chi connectivity index (χ2n) is 2.36. The molecule has 1 atom stereocenters. The van der Waals surface area contributed by atoms with Crippen molar-refractivity contribution in [1.29, 1.82) is 0 Å².